The summed E-state index contributed by atoms with van der Waals surface area (Å²) in [4.78, 5) is 11.5. The van der Waals surface area contributed by atoms with Crippen molar-refractivity contribution in [2.75, 3.05) is 11.9 Å². The van der Waals surface area contributed by atoms with Gasteiger partial charge in [-0.3, -0.25) is 4.79 Å². The Morgan fingerprint density at radius 1 is 1.33 bits per heavy atom. The molecule has 15 heavy (non-hydrogen) atoms. The summed E-state index contributed by atoms with van der Waals surface area (Å²) in [6, 6.07) is 0.229. The van der Waals surface area contributed by atoms with E-state index in [0.29, 0.717) is 5.92 Å². The number of hydrogen-bond acceptors (Lipinski definition) is 2. The van der Waals surface area contributed by atoms with Gasteiger partial charge in [-0.25, -0.2) is 0 Å². The van der Waals surface area contributed by atoms with E-state index in [0.717, 1.165) is 11.8 Å². The molecule has 0 aromatic heterocycles. The van der Waals surface area contributed by atoms with Gasteiger partial charge in [0.15, 0.2) is 0 Å². The van der Waals surface area contributed by atoms with Crippen molar-refractivity contribution >= 4 is 21.8 Å². The van der Waals surface area contributed by atoms with E-state index in [2.05, 4.69) is 35.1 Å². The fourth-order valence-electron chi connectivity index (χ4n) is 1.18. The van der Waals surface area contributed by atoms with Gasteiger partial charge in [-0.15, -0.1) is 0 Å². The molecule has 0 rings (SSSR count). The highest BCUT2D eigenvalue weighted by molar-refractivity contribution is 9.09. The lowest BCUT2D eigenvalue weighted by atomic mass is 10.0. The fraction of sp³-hybridized carbons (Fsp3) is 0.909. The summed E-state index contributed by atoms with van der Waals surface area (Å²) in [5.74, 6) is 0.425. The maximum Gasteiger partial charge on any atom is 0.246 e. The smallest absolute Gasteiger partial charge is 0.246 e. The van der Waals surface area contributed by atoms with Crippen molar-refractivity contribution in [2.45, 2.75) is 46.3 Å². The maximum absolute atomic E-state index is 11.5. The molecule has 0 aliphatic heterocycles. The molecule has 0 aliphatic rings. The molecule has 0 radical (unpaired) electrons. The second-order valence-electron chi connectivity index (χ2n) is 4.26. The largest absolute Gasteiger partial charge is 0.369 e. The summed E-state index contributed by atoms with van der Waals surface area (Å²) in [5.41, 5.74) is 0. The lowest BCUT2D eigenvalue weighted by Crippen LogP contribution is -2.41. The molecule has 1 N–H and O–H groups in total. The molecule has 1 unspecified atom stereocenters. The van der Waals surface area contributed by atoms with Crippen molar-refractivity contribution in [3.8, 4) is 0 Å². The van der Waals surface area contributed by atoms with Gasteiger partial charge in [0, 0.05) is 11.4 Å². The van der Waals surface area contributed by atoms with Crippen molar-refractivity contribution in [2.24, 2.45) is 5.92 Å². The number of amides is 1. The van der Waals surface area contributed by atoms with Crippen LogP contribution >= 0.6 is 15.9 Å². The Morgan fingerprint density at radius 3 is 2.33 bits per heavy atom. The summed E-state index contributed by atoms with van der Waals surface area (Å²) in [6.07, 6.45) is 1.05. The summed E-state index contributed by atoms with van der Waals surface area (Å²) < 4.78 is 5.24. The first-order chi connectivity index (χ1) is 6.97. The molecule has 0 bridgehead atoms. The predicted molar refractivity (Wildman–Crippen MR) is 66.3 cm³/mol. The van der Waals surface area contributed by atoms with E-state index >= 15 is 0 Å². The highest BCUT2D eigenvalue weighted by Gasteiger charge is 2.15. The van der Waals surface area contributed by atoms with E-state index in [1.165, 1.54) is 0 Å². The quantitative estimate of drug-likeness (QED) is 0.727. The van der Waals surface area contributed by atoms with E-state index in [-0.39, 0.29) is 24.7 Å². The lowest BCUT2D eigenvalue weighted by molar-refractivity contribution is -0.128. The minimum atomic E-state index is -0.0247. The van der Waals surface area contributed by atoms with Crippen LogP contribution in [0.15, 0.2) is 0 Å². The van der Waals surface area contributed by atoms with Crippen LogP contribution in [0.4, 0.5) is 0 Å². The van der Waals surface area contributed by atoms with Crippen LogP contribution in [-0.4, -0.2) is 30.0 Å². The molecule has 0 saturated carbocycles. The van der Waals surface area contributed by atoms with E-state index in [9.17, 15) is 4.79 Å². The van der Waals surface area contributed by atoms with Crippen LogP contribution in [0.25, 0.3) is 0 Å². The number of alkyl halides is 1. The Balaban J connectivity index is 3.89. The summed E-state index contributed by atoms with van der Waals surface area (Å²) >= 11 is 3.39. The van der Waals surface area contributed by atoms with Crippen molar-refractivity contribution in [3.63, 3.8) is 0 Å². The average Bonchev–Trinajstić information content (AvgIpc) is 2.14. The van der Waals surface area contributed by atoms with E-state index in [4.69, 9.17) is 4.74 Å². The predicted octanol–water partition coefficient (Wildman–Crippen LogP) is 2.34. The monoisotopic (exact) mass is 279 g/mol. The van der Waals surface area contributed by atoms with Gasteiger partial charge in [0.2, 0.25) is 5.91 Å². The Morgan fingerprint density at radius 2 is 1.93 bits per heavy atom. The van der Waals surface area contributed by atoms with Gasteiger partial charge in [-0.1, -0.05) is 29.8 Å². The minimum absolute atomic E-state index is 0.0247. The second kappa shape index (κ2) is 8.11. The number of rotatable bonds is 7. The fourth-order valence-corrected chi connectivity index (χ4v) is 1.67. The molecular weight excluding hydrogens is 258 g/mol. The molecule has 0 aliphatic carbocycles. The maximum atomic E-state index is 11.5. The SMILES string of the molecule is CC(C)OCC(=O)NC(CCBr)C(C)C. The molecule has 0 spiro atoms. The molecule has 3 nitrogen and oxygen atoms in total. The number of halogens is 1. The standard InChI is InChI=1S/C11H22BrNO2/c1-8(2)10(5-6-12)13-11(14)7-15-9(3)4/h8-10H,5-7H2,1-4H3,(H,13,14). The molecule has 0 fully saturated rings. The van der Waals surface area contributed by atoms with Crippen molar-refractivity contribution in [1.29, 1.82) is 0 Å². The van der Waals surface area contributed by atoms with Gasteiger partial charge in [0.25, 0.3) is 0 Å². The van der Waals surface area contributed by atoms with Crippen molar-refractivity contribution < 1.29 is 9.53 Å². The summed E-state index contributed by atoms with van der Waals surface area (Å²) in [7, 11) is 0. The van der Waals surface area contributed by atoms with E-state index < -0.39 is 0 Å². The van der Waals surface area contributed by atoms with Crippen molar-refractivity contribution in [3.05, 3.63) is 0 Å². The van der Waals surface area contributed by atoms with Gasteiger partial charge < -0.3 is 10.1 Å². The zero-order chi connectivity index (χ0) is 11.8. The van der Waals surface area contributed by atoms with Crippen LogP contribution in [-0.2, 0) is 9.53 Å². The Hall–Kier alpha value is -0.0900. The number of nitrogens with one attached hydrogen (secondary N) is 1. The first kappa shape index (κ1) is 14.9. The molecule has 4 heteroatoms. The topological polar surface area (TPSA) is 38.3 Å². The molecule has 0 aromatic carbocycles. The zero-order valence-electron chi connectivity index (χ0n) is 10.0. The molecule has 0 saturated heterocycles. The van der Waals surface area contributed by atoms with Gasteiger partial charge in [-0.2, -0.15) is 0 Å². The Bertz CT molecular complexity index is 183. The van der Waals surface area contributed by atoms with Crippen LogP contribution < -0.4 is 5.32 Å². The van der Waals surface area contributed by atoms with E-state index in [1.807, 2.05) is 13.8 Å². The van der Waals surface area contributed by atoms with Gasteiger partial charge in [0.05, 0.1) is 6.10 Å². The zero-order valence-corrected chi connectivity index (χ0v) is 11.6. The van der Waals surface area contributed by atoms with E-state index in [1.54, 1.807) is 0 Å². The Labute approximate surface area is 101 Å². The summed E-state index contributed by atoms with van der Waals surface area (Å²) in [5, 5.41) is 3.88. The molecular formula is C11H22BrNO2. The highest BCUT2D eigenvalue weighted by atomic mass is 79.9. The molecule has 0 aromatic rings. The Kier molecular flexibility index (Phi) is 8.06. The van der Waals surface area contributed by atoms with Crippen LogP contribution in [0.2, 0.25) is 0 Å². The average molecular weight is 280 g/mol. The third-order valence-corrected chi connectivity index (χ3v) is 2.58. The lowest BCUT2D eigenvalue weighted by Gasteiger charge is -2.21. The van der Waals surface area contributed by atoms with Gasteiger partial charge >= 0.3 is 0 Å². The number of carbonyl (C=O) groups is 1. The molecule has 90 valence electrons. The van der Waals surface area contributed by atoms with Crippen LogP contribution in [0.1, 0.15) is 34.1 Å². The van der Waals surface area contributed by atoms with Crippen molar-refractivity contribution in [1.82, 2.24) is 5.32 Å². The third kappa shape index (κ3) is 7.79. The number of hydrogen-bond donors (Lipinski definition) is 1. The van der Waals surface area contributed by atoms with Gasteiger partial charge in [-0.05, 0) is 26.2 Å². The van der Waals surface area contributed by atoms with Crippen LogP contribution in [0, 0.1) is 5.92 Å². The first-order valence-electron chi connectivity index (χ1n) is 5.44. The molecule has 0 heterocycles. The highest BCUT2D eigenvalue weighted by Crippen LogP contribution is 2.07. The van der Waals surface area contributed by atoms with Crippen LogP contribution in [0.5, 0.6) is 0 Å². The molecule has 1 atom stereocenters. The van der Waals surface area contributed by atoms with Gasteiger partial charge in [0.1, 0.15) is 6.61 Å². The normalized spacial score (nSPS) is 13.3. The number of ether oxygens (including phenoxy) is 1. The summed E-state index contributed by atoms with van der Waals surface area (Å²) in [6.45, 7) is 8.22. The number of carbonyl (C=O) groups excluding carboxylic acids is 1. The van der Waals surface area contributed by atoms with Crippen LogP contribution in [0.3, 0.4) is 0 Å². The first-order valence-corrected chi connectivity index (χ1v) is 6.56. The minimum Gasteiger partial charge on any atom is -0.369 e. The molecule has 1 amide bonds. The third-order valence-electron chi connectivity index (χ3n) is 2.12. The second-order valence-corrected chi connectivity index (χ2v) is 5.05.